The van der Waals surface area contributed by atoms with Gasteiger partial charge in [0.1, 0.15) is 11.7 Å². The average molecular weight is 307 g/mol. The van der Waals surface area contributed by atoms with Crippen LogP contribution in [0.25, 0.3) is 0 Å². The highest BCUT2D eigenvalue weighted by Gasteiger charge is 2.31. The quantitative estimate of drug-likeness (QED) is 0.576. The van der Waals surface area contributed by atoms with Gasteiger partial charge in [-0.3, -0.25) is 0 Å². The monoisotopic (exact) mass is 306 g/mol. The second kappa shape index (κ2) is 6.31. The summed E-state index contributed by atoms with van der Waals surface area (Å²) in [6, 6.07) is 0. The van der Waals surface area contributed by atoms with E-state index < -0.39 is 11.7 Å². The lowest BCUT2D eigenvalue weighted by molar-refractivity contribution is 0.294. The third-order valence-corrected chi connectivity index (χ3v) is 5.29. The summed E-state index contributed by atoms with van der Waals surface area (Å²) in [5, 5.41) is 0. The van der Waals surface area contributed by atoms with Gasteiger partial charge in [0.15, 0.2) is 0 Å². The highest BCUT2D eigenvalue weighted by molar-refractivity contribution is 9.09. The molecule has 0 heterocycles. The average Bonchev–Trinajstić information content (AvgIpc) is 2.39. The van der Waals surface area contributed by atoms with Gasteiger partial charge in [0.05, 0.1) is 0 Å². The largest absolute Gasteiger partial charge is 0.209 e. The van der Waals surface area contributed by atoms with Crippen LogP contribution in [0.2, 0.25) is 0 Å². The summed E-state index contributed by atoms with van der Waals surface area (Å²) in [5.41, 5.74) is 0. The molecule has 0 spiro atoms. The topological polar surface area (TPSA) is 0 Å². The minimum atomic E-state index is -0.446. The fourth-order valence-electron chi connectivity index (χ4n) is 3.10. The molecule has 0 aromatic heterocycles. The molecule has 0 aliphatic heterocycles. The fraction of sp³-hybridized carbons (Fsp3) is 0.857. The zero-order valence-electron chi connectivity index (χ0n) is 10.2. The molecule has 2 atom stereocenters. The summed E-state index contributed by atoms with van der Waals surface area (Å²) in [5.74, 6) is -1.23. The van der Waals surface area contributed by atoms with Crippen molar-refractivity contribution in [3.05, 3.63) is 11.7 Å². The Hall–Kier alpha value is 0.0800. The van der Waals surface area contributed by atoms with Crippen molar-refractivity contribution in [3.8, 4) is 0 Å². The van der Waals surface area contributed by atoms with E-state index >= 15 is 0 Å². The molecule has 2 rings (SSSR count). The highest BCUT2D eigenvalue weighted by atomic mass is 79.9. The first-order valence-corrected chi connectivity index (χ1v) is 7.81. The van der Waals surface area contributed by atoms with Crippen LogP contribution in [0.3, 0.4) is 0 Å². The SMILES string of the molecule is FC(=C(F)C1CCCCC1Br)C1CCCCC1. The van der Waals surface area contributed by atoms with E-state index in [1.54, 1.807) is 0 Å². The molecular formula is C14H21BrF2. The van der Waals surface area contributed by atoms with Crippen molar-refractivity contribution in [1.29, 1.82) is 0 Å². The molecule has 0 saturated heterocycles. The number of hydrogen-bond acceptors (Lipinski definition) is 0. The normalized spacial score (nSPS) is 33.4. The molecule has 17 heavy (non-hydrogen) atoms. The molecule has 3 heteroatoms. The van der Waals surface area contributed by atoms with E-state index in [2.05, 4.69) is 15.9 Å². The molecule has 0 aromatic rings. The van der Waals surface area contributed by atoms with Gasteiger partial charge in [-0.05, 0) is 25.7 Å². The van der Waals surface area contributed by atoms with Gasteiger partial charge >= 0.3 is 0 Å². The number of halogens is 3. The predicted molar refractivity (Wildman–Crippen MR) is 70.5 cm³/mol. The lowest BCUT2D eigenvalue weighted by Crippen LogP contribution is -2.21. The molecule has 0 radical (unpaired) electrons. The maximum absolute atomic E-state index is 14.2. The van der Waals surface area contributed by atoms with Crippen molar-refractivity contribution in [3.63, 3.8) is 0 Å². The van der Waals surface area contributed by atoms with E-state index in [1.165, 1.54) is 6.42 Å². The van der Waals surface area contributed by atoms with Crippen LogP contribution in [0.4, 0.5) is 8.78 Å². The van der Waals surface area contributed by atoms with Crippen LogP contribution in [0, 0.1) is 11.8 Å². The highest BCUT2D eigenvalue weighted by Crippen LogP contribution is 2.40. The second-order valence-electron chi connectivity index (χ2n) is 5.44. The molecule has 2 aliphatic rings. The smallest absolute Gasteiger partial charge is 0.136 e. The van der Waals surface area contributed by atoms with Crippen LogP contribution < -0.4 is 0 Å². The molecule has 0 N–H and O–H groups in total. The summed E-state index contributed by atoms with van der Waals surface area (Å²) in [4.78, 5) is 0.130. The van der Waals surface area contributed by atoms with Crippen molar-refractivity contribution in [1.82, 2.24) is 0 Å². The maximum atomic E-state index is 14.2. The predicted octanol–water partition coefficient (Wildman–Crippen LogP) is 5.67. The van der Waals surface area contributed by atoms with Gasteiger partial charge in [0, 0.05) is 16.7 Å². The second-order valence-corrected chi connectivity index (χ2v) is 6.61. The molecule has 2 saturated carbocycles. The zero-order valence-corrected chi connectivity index (χ0v) is 11.8. The van der Waals surface area contributed by atoms with E-state index in [4.69, 9.17) is 0 Å². The van der Waals surface area contributed by atoms with Gasteiger partial charge < -0.3 is 0 Å². The Morgan fingerprint density at radius 2 is 1.35 bits per heavy atom. The van der Waals surface area contributed by atoms with Crippen LogP contribution in [0.1, 0.15) is 57.8 Å². The van der Waals surface area contributed by atoms with Crippen molar-refractivity contribution < 1.29 is 8.78 Å². The third kappa shape index (κ3) is 3.30. The first-order chi connectivity index (χ1) is 8.20. The van der Waals surface area contributed by atoms with Gasteiger partial charge in [-0.25, -0.2) is 8.78 Å². The molecule has 2 unspecified atom stereocenters. The van der Waals surface area contributed by atoms with E-state index in [-0.39, 0.29) is 16.7 Å². The fourth-order valence-corrected chi connectivity index (χ4v) is 3.92. The minimum Gasteiger partial charge on any atom is -0.209 e. The van der Waals surface area contributed by atoms with E-state index in [0.717, 1.165) is 51.4 Å². The van der Waals surface area contributed by atoms with Crippen LogP contribution >= 0.6 is 15.9 Å². The summed E-state index contributed by atoms with van der Waals surface area (Å²) in [6.07, 6.45) is 8.86. The van der Waals surface area contributed by atoms with Crippen molar-refractivity contribution >= 4 is 15.9 Å². The van der Waals surface area contributed by atoms with E-state index in [0.29, 0.717) is 0 Å². The lowest BCUT2D eigenvalue weighted by atomic mass is 9.83. The number of alkyl halides is 1. The first kappa shape index (κ1) is 13.5. The Bertz CT molecular complexity index is 282. The molecule has 98 valence electrons. The molecule has 0 nitrogen and oxygen atoms in total. The molecular weight excluding hydrogens is 286 g/mol. The first-order valence-electron chi connectivity index (χ1n) is 6.89. The van der Waals surface area contributed by atoms with Gasteiger partial charge in [-0.15, -0.1) is 0 Å². The zero-order chi connectivity index (χ0) is 12.3. The van der Waals surface area contributed by atoms with Crippen molar-refractivity contribution in [2.45, 2.75) is 62.6 Å². The van der Waals surface area contributed by atoms with Gasteiger partial charge in [0.2, 0.25) is 0 Å². The molecule has 0 amide bonds. The van der Waals surface area contributed by atoms with Crippen LogP contribution in [0.15, 0.2) is 11.7 Å². The standard InChI is InChI=1S/C14H21BrF2/c15-12-9-5-4-8-11(12)14(17)13(16)10-6-2-1-3-7-10/h10-12H,1-9H2. The van der Waals surface area contributed by atoms with Gasteiger partial charge in [0.25, 0.3) is 0 Å². The molecule has 0 aromatic carbocycles. The lowest BCUT2D eigenvalue weighted by Gasteiger charge is -2.28. The Morgan fingerprint density at radius 1 is 0.765 bits per heavy atom. The molecule has 2 fully saturated rings. The minimum absolute atomic E-state index is 0.130. The van der Waals surface area contributed by atoms with Crippen LogP contribution in [0.5, 0.6) is 0 Å². The van der Waals surface area contributed by atoms with E-state index in [9.17, 15) is 8.78 Å². The third-order valence-electron chi connectivity index (χ3n) is 4.20. The summed E-state index contributed by atoms with van der Waals surface area (Å²) < 4.78 is 28.3. The van der Waals surface area contributed by atoms with Gasteiger partial charge in [-0.2, -0.15) is 0 Å². The van der Waals surface area contributed by atoms with Crippen molar-refractivity contribution in [2.24, 2.45) is 11.8 Å². The van der Waals surface area contributed by atoms with Crippen molar-refractivity contribution in [2.75, 3.05) is 0 Å². The maximum Gasteiger partial charge on any atom is 0.136 e. The Kier molecular flexibility index (Phi) is 5.01. The molecule has 0 bridgehead atoms. The van der Waals surface area contributed by atoms with E-state index in [1.807, 2.05) is 0 Å². The summed E-state index contributed by atoms with van der Waals surface area (Å²) in [6.45, 7) is 0. The Balaban J connectivity index is 2.06. The van der Waals surface area contributed by atoms with Crippen LogP contribution in [-0.4, -0.2) is 4.83 Å². The molecule has 2 aliphatic carbocycles. The number of allylic oxidation sites excluding steroid dienone is 2. The number of hydrogen-bond donors (Lipinski definition) is 0. The number of rotatable bonds is 2. The summed E-state index contributed by atoms with van der Waals surface area (Å²) in [7, 11) is 0. The Labute approximate surface area is 111 Å². The Morgan fingerprint density at radius 3 is 2.00 bits per heavy atom. The summed E-state index contributed by atoms with van der Waals surface area (Å²) >= 11 is 3.51. The van der Waals surface area contributed by atoms with Crippen LogP contribution in [-0.2, 0) is 0 Å². The van der Waals surface area contributed by atoms with Gasteiger partial charge in [-0.1, -0.05) is 48.0 Å².